The Bertz CT molecular complexity index is 623. The van der Waals surface area contributed by atoms with Gasteiger partial charge in [-0.25, -0.2) is 0 Å². The molecule has 1 aromatic heterocycles. The Balaban J connectivity index is 2.02. The van der Waals surface area contributed by atoms with Crippen molar-refractivity contribution in [1.82, 2.24) is 20.5 Å². The van der Waals surface area contributed by atoms with Crippen molar-refractivity contribution in [3.63, 3.8) is 0 Å². The average molecular weight is 362 g/mol. The highest BCUT2D eigenvalue weighted by Gasteiger charge is 2.39. The van der Waals surface area contributed by atoms with Crippen molar-refractivity contribution < 1.29 is 19.1 Å². The van der Waals surface area contributed by atoms with Crippen molar-refractivity contribution in [2.75, 3.05) is 26.3 Å². The molecule has 0 saturated carbocycles. The zero-order valence-electron chi connectivity index (χ0n) is 15.2. The molecule has 0 aliphatic carbocycles. The van der Waals surface area contributed by atoms with E-state index in [1.165, 1.54) is 11.1 Å². The van der Waals surface area contributed by atoms with Gasteiger partial charge in [0.05, 0.1) is 18.6 Å². The number of amides is 3. The van der Waals surface area contributed by atoms with Crippen LogP contribution in [0.2, 0.25) is 0 Å². The average Bonchev–Trinajstić information content (AvgIpc) is 3.07. The highest BCUT2D eigenvalue weighted by molar-refractivity contribution is 5.94. The van der Waals surface area contributed by atoms with E-state index in [2.05, 4.69) is 15.6 Å². The van der Waals surface area contributed by atoms with Crippen LogP contribution in [0.15, 0.2) is 24.5 Å². The SMILES string of the molecule is CCNC(=O)[C@@H]1C[C@H](NC(=O)c2cccnc2)CN1C(=O)CCOCC. The molecule has 0 unspecified atom stereocenters. The van der Waals surface area contributed by atoms with Gasteiger partial charge in [-0.2, -0.15) is 0 Å². The van der Waals surface area contributed by atoms with E-state index in [-0.39, 0.29) is 30.2 Å². The Morgan fingerprint density at radius 2 is 2.15 bits per heavy atom. The van der Waals surface area contributed by atoms with Crippen LogP contribution in [0, 0.1) is 0 Å². The van der Waals surface area contributed by atoms with E-state index >= 15 is 0 Å². The number of carbonyl (C=O) groups excluding carboxylic acids is 3. The predicted molar refractivity (Wildman–Crippen MR) is 95.4 cm³/mol. The minimum atomic E-state index is -0.580. The van der Waals surface area contributed by atoms with Crippen LogP contribution in [-0.4, -0.2) is 66.0 Å². The second-order valence-electron chi connectivity index (χ2n) is 6.05. The van der Waals surface area contributed by atoms with Gasteiger partial charge in [-0.15, -0.1) is 0 Å². The quantitative estimate of drug-likeness (QED) is 0.650. The van der Waals surface area contributed by atoms with Gasteiger partial charge in [-0.05, 0) is 32.4 Å². The minimum Gasteiger partial charge on any atom is -0.381 e. The van der Waals surface area contributed by atoms with Crippen molar-refractivity contribution in [3.05, 3.63) is 30.1 Å². The number of rotatable bonds is 8. The molecule has 26 heavy (non-hydrogen) atoms. The lowest BCUT2D eigenvalue weighted by Crippen LogP contribution is -2.46. The number of ether oxygens (including phenoxy) is 1. The van der Waals surface area contributed by atoms with Crippen LogP contribution in [0.5, 0.6) is 0 Å². The van der Waals surface area contributed by atoms with E-state index in [0.717, 1.165) is 0 Å². The van der Waals surface area contributed by atoms with Crippen molar-refractivity contribution in [2.45, 2.75) is 38.8 Å². The summed E-state index contributed by atoms with van der Waals surface area (Å²) in [5.74, 6) is -0.607. The van der Waals surface area contributed by atoms with Crippen molar-refractivity contribution in [1.29, 1.82) is 0 Å². The lowest BCUT2D eigenvalue weighted by atomic mass is 10.1. The van der Waals surface area contributed by atoms with Crippen molar-refractivity contribution in [2.24, 2.45) is 0 Å². The lowest BCUT2D eigenvalue weighted by Gasteiger charge is -2.23. The zero-order chi connectivity index (χ0) is 18.9. The number of carbonyl (C=O) groups is 3. The Labute approximate surface area is 153 Å². The van der Waals surface area contributed by atoms with E-state index in [0.29, 0.717) is 38.3 Å². The normalized spacial score (nSPS) is 19.2. The Kier molecular flexibility index (Phi) is 7.53. The Morgan fingerprint density at radius 3 is 2.81 bits per heavy atom. The first-order valence-electron chi connectivity index (χ1n) is 8.92. The first kappa shape index (κ1) is 19.8. The number of aromatic nitrogens is 1. The van der Waals surface area contributed by atoms with Gasteiger partial charge in [-0.3, -0.25) is 19.4 Å². The summed E-state index contributed by atoms with van der Waals surface area (Å²) in [5, 5.41) is 5.65. The molecule has 0 spiro atoms. The van der Waals surface area contributed by atoms with Gasteiger partial charge < -0.3 is 20.3 Å². The molecular weight excluding hydrogens is 336 g/mol. The summed E-state index contributed by atoms with van der Waals surface area (Å²) < 4.78 is 5.23. The molecule has 2 N–H and O–H groups in total. The third-order valence-electron chi connectivity index (χ3n) is 4.20. The number of likely N-dealkylation sites (N-methyl/N-ethyl adjacent to an activating group) is 1. The van der Waals surface area contributed by atoms with Crippen LogP contribution in [0.1, 0.15) is 37.0 Å². The molecule has 1 aliphatic rings. The van der Waals surface area contributed by atoms with Gasteiger partial charge in [0.25, 0.3) is 5.91 Å². The van der Waals surface area contributed by atoms with Crippen LogP contribution < -0.4 is 10.6 Å². The molecule has 142 valence electrons. The summed E-state index contributed by atoms with van der Waals surface area (Å²) in [6.45, 7) is 5.34. The smallest absolute Gasteiger partial charge is 0.253 e. The fourth-order valence-electron chi connectivity index (χ4n) is 2.97. The van der Waals surface area contributed by atoms with Gasteiger partial charge in [0.15, 0.2) is 0 Å². The number of hydrogen-bond acceptors (Lipinski definition) is 5. The van der Waals surface area contributed by atoms with E-state index < -0.39 is 6.04 Å². The standard InChI is InChI=1S/C18H26N4O4/c1-3-20-18(25)15-10-14(12-22(15)16(23)7-9-26-4-2)21-17(24)13-6-5-8-19-11-13/h5-6,8,11,14-15H,3-4,7,9-10,12H2,1-2H3,(H,20,25)(H,21,24)/t14-,15-/m0/s1. The largest absolute Gasteiger partial charge is 0.381 e. The number of nitrogens with one attached hydrogen (secondary N) is 2. The highest BCUT2D eigenvalue weighted by Crippen LogP contribution is 2.20. The minimum absolute atomic E-state index is 0.146. The maximum absolute atomic E-state index is 12.5. The molecule has 2 rings (SSSR count). The van der Waals surface area contributed by atoms with Crippen molar-refractivity contribution >= 4 is 17.7 Å². The monoisotopic (exact) mass is 362 g/mol. The molecule has 1 fully saturated rings. The number of hydrogen-bond donors (Lipinski definition) is 2. The second kappa shape index (κ2) is 9.86. The summed E-state index contributed by atoms with van der Waals surface area (Å²) in [4.78, 5) is 42.6. The Morgan fingerprint density at radius 1 is 1.35 bits per heavy atom. The predicted octanol–water partition coefficient (Wildman–Crippen LogP) is 0.344. The van der Waals surface area contributed by atoms with Crippen molar-refractivity contribution in [3.8, 4) is 0 Å². The first-order chi connectivity index (χ1) is 12.6. The summed E-state index contributed by atoms with van der Waals surface area (Å²) in [5.41, 5.74) is 0.447. The van der Waals surface area contributed by atoms with Crippen LogP contribution >= 0.6 is 0 Å². The summed E-state index contributed by atoms with van der Waals surface area (Å²) in [6, 6.07) is 2.49. The van der Waals surface area contributed by atoms with Crippen LogP contribution in [-0.2, 0) is 14.3 Å². The van der Waals surface area contributed by atoms with Crippen LogP contribution in [0.4, 0.5) is 0 Å². The topological polar surface area (TPSA) is 101 Å². The van der Waals surface area contributed by atoms with E-state index in [1.807, 2.05) is 13.8 Å². The third-order valence-corrected chi connectivity index (χ3v) is 4.20. The first-order valence-corrected chi connectivity index (χ1v) is 8.92. The van der Waals surface area contributed by atoms with Gasteiger partial charge >= 0.3 is 0 Å². The molecule has 8 nitrogen and oxygen atoms in total. The van der Waals surface area contributed by atoms with E-state index in [9.17, 15) is 14.4 Å². The zero-order valence-corrected chi connectivity index (χ0v) is 15.2. The maximum Gasteiger partial charge on any atom is 0.253 e. The number of pyridine rings is 1. The van der Waals surface area contributed by atoms with E-state index in [4.69, 9.17) is 4.74 Å². The summed E-state index contributed by atoms with van der Waals surface area (Å²) in [7, 11) is 0. The molecular formula is C18H26N4O4. The number of nitrogens with zero attached hydrogens (tertiary/aromatic N) is 2. The van der Waals surface area contributed by atoms with Gasteiger partial charge in [-0.1, -0.05) is 0 Å². The molecule has 0 bridgehead atoms. The van der Waals surface area contributed by atoms with Crippen LogP contribution in [0.25, 0.3) is 0 Å². The second-order valence-corrected chi connectivity index (χ2v) is 6.05. The summed E-state index contributed by atoms with van der Waals surface area (Å²) >= 11 is 0. The molecule has 2 atom stereocenters. The molecule has 0 radical (unpaired) electrons. The highest BCUT2D eigenvalue weighted by atomic mass is 16.5. The van der Waals surface area contributed by atoms with Crippen LogP contribution in [0.3, 0.4) is 0 Å². The number of likely N-dealkylation sites (tertiary alicyclic amines) is 1. The fraction of sp³-hybridized carbons (Fsp3) is 0.556. The van der Waals surface area contributed by atoms with Gasteiger partial charge in [0.2, 0.25) is 11.8 Å². The van der Waals surface area contributed by atoms with Gasteiger partial charge in [0, 0.05) is 38.1 Å². The lowest BCUT2D eigenvalue weighted by molar-refractivity contribution is -0.139. The van der Waals surface area contributed by atoms with E-state index in [1.54, 1.807) is 18.3 Å². The Hall–Kier alpha value is -2.48. The third kappa shape index (κ3) is 5.26. The molecule has 1 saturated heterocycles. The molecule has 8 heteroatoms. The fourth-order valence-corrected chi connectivity index (χ4v) is 2.97. The molecule has 1 aliphatic heterocycles. The summed E-state index contributed by atoms with van der Waals surface area (Å²) in [6.07, 6.45) is 3.68. The molecule has 2 heterocycles. The van der Waals surface area contributed by atoms with Gasteiger partial charge in [0.1, 0.15) is 6.04 Å². The molecule has 0 aromatic carbocycles. The molecule has 1 aromatic rings. The molecule has 3 amide bonds. The maximum atomic E-state index is 12.5.